The largest absolute Gasteiger partial charge is 0.493 e. The number of aryl methyl sites for hydroxylation is 1. The number of nitro benzene ring substituents is 1. The van der Waals surface area contributed by atoms with Gasteiger partial charge in [-0.15, -0.1) is 0 Å². The Labute approximate surface area is 184 Å². The molecule has 9 heteroatoms. The molecule has 0 unspecified atom stereocenters. The summed E-state index contributed by atoms with van der Waals surface area (Å²) in [6.45, 7) is 1.78. The SMILES string of the molecule is COc1cc(/C=N\Nc2ccc([N+](=O)[O-])cc2)ccc1OCC(=O)Nc1cccc(C)c1. The van der Waals surface area contributed by atoms with Crippen LogP contribution in [-0.2, 0) is 4.79 Å². The molecule has 32 heavy (non-hydrogen) atoms. The summed E-state index contributed by atoms with van der Waals surface area (Å²) in [6.07, 6.45) is 1.57. The standard InChI is InChI=1S/C23H22N4O5/c1-16-4-3-5-19(12-16)25-23(28)15-32-21-11-6-17(13-22(21)31-2)14-24-26-18-7-9-20(10-8-18)27(29)30/h3-14,26H,15H2,1-2H3,(H,25,28)/b24-14-. The average Bonchev–Trinajstić information content (AvgIpc) is 2.78. The van der Waals surface area contributed by atoms with Crippen molar-refractivity contribution in [2.24, 2.45) is 5.10 Å². The van der Waals surface area contributed by atoms with E-state index in [0.29, 0.717) is 22.9 Å². The first-order valence-electron chi connectivity index (χ1n) is 9.65. The minimum Gasteiger partial charge on any atom is -0.493 e. The Kier molecular flexibility index (Phi) is 7.37. The summed E-state index contributed by atoms with van der Waals surface area (Å²) in [5.41, 5.74) is 5.90. The van der Waals surface area contributed by atoms with Gasteiger partial charge in [0.1, 0.15) is 0 Å². The number of nitrogens with zero attached hydrogens (tertiary/aromatic N) is 2. The highest BCUT2D eigenvalue weighted by Gasteiger charge is 2.09. The highest BCUT2D eigenvalue weighted by atomic mass is 16.6. The number of hydrogen-bond donors (Lipinski definition) is 2. The maximum absolute atomic E-state index is 12.2. The Balaban J connectivity index is 1.57. The van der Waals surface area contributed by atoms with Crippen molar-refractivity contribution < 1.29 is 19.2 Å². The number of anilines is 2. The fourth-order valence-electron chi connectivity index (χ4n) is 2.79. The lowest BCUT2D eigenvalue weighted by atomic mass is 10.2. The molecule has 0 saturated heterocycles. The summed E-state index contributed by atoms with van der Waals surface area (Å²) in [7, 11) is 1.51. The summed E-state index contributed by atoms with van der Waals surface area (Å²) in [4.78, 5) is 22.4. The zero-order valence-corrected chi connectivity index (χ0v) is 17.6. The smallest absolute Gasteiger partial charge is 0.269 e. The summed E-state index contributed by atoms with van der Waals surface area (Å²) in [5.74, 6) is 0.593. The van der Waals surface area contributed by atoms with E-state index in [1.807, 2.05) is 31.2 Å². The quantitative estimate of drug-likeness (QED) is 0.293. The molecule has 0 bridgehead atoms. The first-order valence-corrected chi connectivity index (χ1v) is 9.65. The molecule has 0 aromatic heterocycles. The van der Waals surface area contributed by atoms with Crippen LogP contribution in [0.2, 0.25) is 0 Å². The lowest BCUT2D eigenvalue weighted by Crippen LogP contribution is -2.20. The van der Waals surface area contributed by atoms with Gasteiger partial charge in [0.15, 0.2) is 18.1 Å². The van der Waals surface area contributed by atoms with E-state index in [1.165, 1.54) is 19.2 Å². The monoisotopic (exact) mass is 434 g/mol. The van der Waals surface area contributed by atoms with Gasteiger partial charge < -0.3 is 14.8 Å². The third-order valence-electron chi connectivity index (χ3n) is 4.33. The predicted molar refractivity (Wildman–Crippen MR) is 123 cm³/mol. The van der Waals surface area contributed by atoms with Gasteiger partial charge in [-0.1, -0.05) is 12.1 Å². The Morgan fingerprint density at radius 1 is 1.06 bits per heavy atom. The van der Waals surface area contributed by atoms with Gasteiger partial charge in [-0.05, 0) is 60.5 Å². The number of amides is 1. The summed E-state index contributed by atoms with van der Waals surface area (Å²) in [6, 6.07) is 18.6. The number of rotatable bonds is 9. The first-order chi connectivity index (χ1) is 15.4. The molecule has 3 aromatic rings. The lowest BCUT2D eigenvalue weighted by Gasteiger charge is -2.11. The number of non-ortho nitro benzene ring substituents is 1. The van der Waals surface area contributed by atoms with Gasteiger partial charge in [0.25, 0.3) is 11.6 Å². The van der Waals surface area contributed by atoms with Gasteiger partial charge >= 0.3 is 0 Å². The van der Waals surface area contributed by atoms with Gasteiger partial charge in [0.2, 0.25) is 0 Å². The third kappa shape index (κ3) is 6.30. The second kappa shape index (κ2) is 10.6. The van der Waals surface area contributed by atoms with Crippen molar-refractivity contribution in [2.75, 3.05) is 24.5 Å². The molecular weight excluding hydrogens is 412 g/mol. The van der Waals surface area contributed by atoms with Crippen molar-refractivity contribution in [3.05, 3.63) is 88.0 Å². The third-order valence-corrected chi connectivity index (χ3v) is 4.33. The molecule has 1 amide bonds. The zero-order valence-electron chi connectivity index (χ0n) is 17.6. The highest BCUT2D eigenvalue weighted by Crippen LogP contribution is 2.27. The molecule has 0 atom stereocenters. The molecule has 0 aliphatic rings. The van der Waals surface area contributed by atoms with E-state index in [0.717, 1.165) is 11.1 Å². The van der Waals surface area contributed by atoms with Gasteiger partial charge in [-0.25, -0.2) is 0 Å². The molecule has 3 rings (SSSR count). The van der Waals surface area contributed by atoms with E-state index in [2.05, 4.69) is 15.8 Å². The van der Waals surface area contributed by atoms with E-state index in [1.54, 1.807) is 36.5 Å². The van der Waals surface area contributed by atoms with Crippen LogP contribution in [0, 0.1) is 17.0 Å². The van der Waals surface area contributed by atoms with Crippen LogP contribution in [0.15, 0.2) is 71.8 Å². The number of ether oxygens (including phenoxy) is 2. The van der Waals surface area contributed by atoms with Crippen molar-refractivity contribution in [2.45, 2.75) is 6.92 Å². The molecule has 0 aliphatic heterocycles. The maximum atomic E-state index is 12.2. The number of nitro groups is 1. The topological polar surface area (TPSA) is 115 Å². The number of benzene rings is 3. The fourth-order valence-corrected chi connectivity index (χ4v) is 2.79. The van der Waals surface area contributed by atoms with E-state index in [4.69, 9.17) is 9.47 Å². The minimum atomic E-state index is -0.463. The first kappa shape index (κ1) is 22.3. The summed E-state index contributed by atoms with van der Waals surface area (Å²) < 4.78 is 10.9. The number of carbonyl (C=O) groups excluding carboxylic acids is 1. The number of hydrogen-bond acceptors (Lipinski definition) is 7. The van der Waals surface area contributed by atoms with Crippen LogP contribution in [0.4, 0.5) is 17.1 Å². The summed E-state index contributed by atoms with van der Waals surface area (Å²) in [5, 5.41) is 17.6. The van der Waals surface area contributed by atoms with Crippen LogP contribution >= 0.6 is 0 Å². The molecule has 0 saturated carbocycles. The normalized spacial score (nSPS) is 10.6. The second-order valence-corrected chi connectivity index (χ2v) is 6.79. The molecule has 3 aromatic carbocycles. The van der Waals surface area contributed by atoms with Crippen LogP contribution in [-0.4, -0.2) is 30.8 Å². The molecule has 0 heterocycles. The second-order valence-electron chi connectivity index (χ2n) is 6.79. The molecule has 2 N–H and O–H groups in total. The number of methoxy groups -OCH3 is 1. The highest BCUT2D eigenvalue weighted by molar-refractivity contribution is 5.92. The van der Waals surface area contributed by atoms with E-state index in [9.17, 15) is 14.9 Å². The molecule has 0 spiro atoms. The van der Waals surface area contributed by atoms with Crippen molar-refractivity contribution in [3.8, 4) is 11.5 Å². The average molecular weight is 434 g/mol. The van der Waals surface area contributed by atoms with Crippen LogP contribution in [0.1, 0.15) is 11.1 Å². The van der Waals surface area contributed by atoms with Crippen LogP contribution < -0.4 is 20.2 Å². The van der Waals surface area contributed by atoms with Crippen molar-refractivity contribution in [1.82, 2.24) is 0 Å². The van der Waals surface area contributed by atoms with Crippen molar-refractivity contribution in [1.29, 1.82) is 0 Å². The van der Waals surface area contributed by atoms with E-state index in [-0.39, 0.29) is 18.2 Å². The number of nitrogens with one attached hydrogen (secondary N) is 2. The lowest BCUT2D eigenvalue weighted by molar-refractivity contribution is -0.384. The molecule has 0 radical (unpaired) electrons. The number of carbonyl (C=O) groups is 1. The van der Waals surface area contributed by atoms with Gasteiger partial charge in [0.05, 0.1) is 23.9 Å². The Bertz CT molecular complexity index is 1130. The number of hydrazone groups is 1. The summed E-state index contributed by atoms with van der Waals surface area (Å²) >= 11 is 0. The molecule has 0 aliphatic carbocycles. The van der Waals surface area contributed by atoms with E-state index < -0.39 is 4.92 Å². The molecule has 0 fully saturated rings. The molecule has 9 nitrogen and oxygen atoms in total. The molecule has 164 valence electrons. The minimum absolute atomic E-state index is 0.00687. The van der Waals surface area contributed by atoms with Crippen LogP contribution in [0.3, 0.4) is 0 Å². The fraction of sp³-hybridized carbons (Fsp3) is 0.130. The maximum Gasteiger partial charge on any atom is 0.269 e. The van der Waals surface area contributed by atoms with Crippen LogP contribution in [0.25, 0.3) is 0 Å². The van der Waals surface area contributed by atoms with Crippen molar-refractivity contribution in [3.63, 3.8) is 0 Å². The molecular formula is C23H22N4O5. The van der Waals surface area contributed by atoms with Gasteiger partial charge in [-0.3, -0.25) is 20.3 Å². The van der Waals surface area contributed by atoms with Gasteiger partial charge in [0, 0.05) is 17.8 Å². The zero-order chi connectivity index (χ0) is 22.9. The Morgan fingerprint density at radius 2 is 1.84 bits per heavy atom. The predicted octanol–water partition coefficient (Wildman–Crippen LogP) is 4.38. The van der Waals surface area contributed by atoms with Gasteiger partial charge in [-0.2, -0.15) is 5.10 Å². The van der Waals surface area contributed by atoms with Crippen LogP contribution in [0.5, 0.6) is 11.5 Å². The Hall–Kier alpha value is -4.40. The van der Waals surface area contributed by atoms with E-state index >= 15 is 0 Å². The van der Waals surface area contributed by atoms with Crippen molar-refractivity contribution >= 4 is 29.2 Å². The Morgan fingerprint density at radius 3 is 2.53 bits per heavy atom.